The molecule has 1 saturated heterocycles. The van der Waals surface area contributed by atoms with Crippen LogP contribution in [0.2, 0.25) is 5.28 Å². The molecule has 1 aliphatic heterocycles. The molecule has 1 N–H and O–H groups in total. The standard InChI is InChI=1S/C13H22ClN5O/c1-4-9(2)10(3)15-12-16-11(14)17-13(18-12)19-5-7-20-8-6-19/h9-10H,4-8H2,1-3H3,(H,15,16,17,18). The summed E-state index contributed by atoms with van der Waals surface area (Å²) in [6, 6.07) is 0.288. The largest absolute Gasteiger partial charge is 0.378 e. The Balaban J connectivity index is 2.11. The molecule has 0 amide bonds. The minimum atomic E-state index is 0.223. The van der Waals surface area contributed by atoms with E-state index in [1.165, 1.54) is 0 Å². The Kier molecular flexibility index (Phi) is 5.37. The maximum Gasteiger partial charge on any atom is 0.231 e. The lowest BCUT2D eigenvalue weighted by atomic mass is 10.0. The topological polar surface area (TPSA) is 63.2 Å². The molecule has 20 heavy (non-hydrogen) atoms. The summed E-state index contributed by atoms with van der Waals surface area (Å²) in [5.41, 5.74) is 0. The Morgan fingerprint density at radius 2 is 1.95 bits per heavy atom. The summed E-state index contributed by atoms with van der Waals surface area (Å²) < 4.78 is 5.33. The SMILES string of the molecule is CCC(C)C(C)Nc1nc(Cl)nc(N2CCOCC2)n1. The summed E-state index contributed by atoms with van der Waals surface area (Å²) in [5.74, 6) is 1.70. The molecule has 0 spiro atoms. The Morgan fingerprint density at radius 1 is 1.25 bits per heavy atom. The molecule has 6 nitrogen and oxygen atoms in total. The molecule has 1 fully saturated rings. The van der Waals surface area contributed by atoms with E-state index >= 15 is 0 Å². The Labute approximate surface area is 124 Å². The Bertz CT molecular complexity index is 439. The van der Waals surface area contributed by atoms with Crippen molar-refractivity contribution in [3.8, 4) is 0 Å². The van der Waals surface area contributed by atoms with Crippen molar-refractivity contribution in [3.63, 3.8) is 0 Å². The summed E-state index contributed by atoms with van der Waals surface area (Å²) in [4.78, 5) is 14.9. The van der Waals surface area contributed by atoms with Gasteiger partial charge >= 0.3 is 0 Å². The average Bonchev–Trinajstić information content (AvgIpc) is 2.46. The van der Waals surface area contributed by atoms with Crippen LogP contribution in [-0.4, -0.2) is 47.3 Å². The van der Waals surface area contributed by atoms with E-state index in [9.17, 15) is 0 Å². The van der Waals surface area contributed by atoms with Crippen LogP contribution >= 0.6 is 11.6 Å². The molecule has 2 unspecified atom stereocenters. The number of hydrogen-bond acceptors (Lipinski definition) is 6. The zero-order chi connectivity index (χ0) is 14.5. The highest BCUT2D eigenvalue weighted by Gasteiger charge is 2.17. The van der Waals surface area contributed by atoms with Gasteiger partial charge in [-0.15, -0.1) is 0 Å². The molecule has 2 atom stereocenters. The van der Waals surface area contributed by atoms with Gasteiger partial charge in [0, 0.05) is 19.1 Å². The van der Waals surface area contributed by atoms with Crippen LogP contribution in [-0.2, 0) is 4.74 Å². The first-order valence-corrected chi connectivity index (χ1v) is 7.48. The summed E-state index contributed by atoms with van der Waals surface area (Å²) >= 11 is 6.01. The number of anilines is 2. The van der Waals surface area contributed by atoms with Crippen LogP contribution in [0.25, 0.3) is 0 Å². The average molecular weight is 300 g/mol. The molecule has 0 radical (unpaired) electrons. The molecule has 112 valence electrons. The van der Waals surface area contributed by atoms with Crippen molar-refractivity contribution in [2.24, 2.45) is 5.92 Å². The van der Waals surface area contributed by atoms with Gasteiger partial charge in [-0.05, 0) is 24.4 Å². The molecule has 0 aromatic carbocycles. The number of nitrogens with one attached hydrogen (secondary N) is 1. The highest BCUT2D eigenvalue weighted by Crippen LogP contribution is 2.17. The zero-order valence-corrected chi connectivity index (χ0v) is 13.0. The Hall–Kier alpha value is -1.14. The molecule has 7 heteroatoms. The third kappa shape index (κ3) is 3.93. The number of hydrogen-bond donors (Lipinski definition) is 1. The third-order valence-corrected chi connectivity index (χ3v) is 3.91. The molecule has 2 heterocycles. The van der Waals surface area contributed by atoms with Crippen LogP contribution in [0.4, 0.5) is 11.9 Å². The Morgan fingerprint density at radius 3 is 2.60 bits per heavy atom. The van der Waals surface area contributed by atoms with Crippen molar-refractivity contribution in [3.05, 3.63) is 5.28 Å². The number of nitrogens with zero attached hydrogens (tertiary/aromatic N) is 4. The van der Waals surface area contributed by atoms with E-state index in [0.717, 1.165) is 19.5 Å². The fraction of sp³-hybridized carbons (Fsp3) is 0.769. The number of halogens is 1. The van der Waals surface area contributed by atoms with E-state index in [2.05, 4.69) is 45.9 Å². The predicted octanol–water partition coefficient (Wildman–Crippen LogP) is 2.21. The highest BCUT2D eigenvalue weighted by molar-refractivity contribution is 6.28. The van der Waals surface area contributed by atoms with E-state index in [1.807, 2.05) is 0 Å². The maximum absolute atomic E-state index is 6.01. The lowest BCUT2D eigenvalue weighted by molar-refractivity contribution is 0.122. The molecule has 0 saturated carbocycles. The van der Waals surface area contributed by atoms with Gasteiger partial charge in [-0.25, -0.2) is 0 Å². The number of aromatic nitrogens is 3. The first-order chi connectivity index (χ1) is 9.60. The second-order valence-electron chi connectivity index (χ2n) is 5.15. The normalized spacial score (nSPS) is 18.7. The minimum Gasteiger partial charge on any atom is -0.378 e. The fourth-order valence-corrected chi connectivity index (χ4v) is 2.16. The lowest BCUT2D eigenvalue weighted by Gasteiger charge is -2.27. The maximum atomic E-state index is 6.01. The van der Waals surface area contributed by atoms with Crippen LogP contribution in [0, 0.1) is 5.92 Å². The third-order valence-electron chi connectivity index (χ3n) is 3.74. The van der Waals surface area contributed by atoms with Crippen LogP contribution in [0.3, 0.4) is 0 Å². The molecule has 1 aromatic heterocycles. The molecule has 0 bridgehead atoms. The molecule has 1 aliphatic rings. The van der Waals surface area contributed by atoms with Gasteiger partial charge in [0.25, 0.3) is 0 Å². The van der Waals surface area contributed by atoms with Crippen LogP contribution < -0.4 is 10.2 Å². The van der Waals surface area contributed by atoms with Crippen LogP contribution in [0.1, 0.15) is 27.2 Å². The quantitative estimate of drug-likeness (QED) is 0.899. The smallest absolute Gasteiger partial charge is 0.231 e. The van der Waals surface area contributed by atoms with E-state index in [-0.39, 0.29) is 11.3 Å². The number of rotatable bonds is 5. The fourth-order valence-electron chi connectivity index (χ4n) is 2.01. The van der Waals surface area contributed by atoms with Gasteiger partial charge in [0.15, 0.2) is 0 Å². The summed E-state index contributed by atoms with van der Waals surface area (Å²) in [6.45, 7) is 9.43. The minimum absolute atomic E-state index is 0.223. The second-order valence-corrected chi connectivity index (χ2v) is 5.48. The summed E-state index contributed by atoms with van der Waals surface area (Å²) in [7, 11) is 0. The molecular formula is C13H22ClN5O. The molecule has 0 aliphatic carbocycles. The van der Waals surface area contributed by atoms with E-state index in [4.69, 9.17) is 16.3 Å². The monoisotopic (exact) mass is 299 g/mol. The predicted molar refractivity (Wildman–Crippen MR) is 80.4 cm³/mol. The van der Waals surface area contributed by atoms with E-state index < -0.39 is 0 Å². The molecular weight excluding hydrogens is 278 g/mol. The van der Waals surface area contributed by atoms with Gasteiger partial charge in [0.2, 0.25) is 17.2 Å². The molecule has 2 rings (SSSR count). The van der Waals surface area contributed by atoms with Gasteiger partial charge in [-0.1, -0.05) is 20.3 Å². The van der Waals surface area contributed by atoms with Crippen molar-refractivity contribution in [1.29, 1.82) is 0 Å². The van der Waals surface area contributed by atoms with E-state index in [0.29, 0.717) is 31.0 Å². The summed E-state index contributed by atoms with van der Waals surface area (Å²) in [6.07, 6.45) is 1.10. The van der Waals surface area contributed by atoms with Gasteiger partial charge in [-0.3, -0.25) is 0 Å². The van der Waals surface area contributed by atoms with Crippen molar-refractivity contribution in [2.45, 2.75) is 33.2 Å². The van der Waals surface area contributed by atoms with Crippen molar-refractivity contribution in [1.82, 2.24) is 15.0 Å². The van der Waals surface area contributed by atoms with E-state index in [1.54, 1.807) is 0 Å². The zero-order valence-electron chi connectivity index (χ0n) is 12.3. The highest BCUT2D eigenvalue weighted by atomic mass is 35.5. The van der Waals surface area contributed by atoms with Gasteiger partial charge in [0.05, 0.1) is 13.2 Å². The van der Waals surface area contributed by atoms with Crippen LogP contribution in [0.5, 0.6) is 0 Å². The first kappa shape index (κ1) is 15.3. The lowest BCUT2D eigenvalue weighted by Crippen LogP contribution is -2.37. The van der Waals surface area contributed by atoms with Gasteiger partial charge in [0.1, 0.15) is 0 Å². The van der Waals surface area contributed by atoms with Crippen molar-refractivity contribution in [2.75, 3.05) is 36.5 Å². The van der Waals surface area contributed by atoms with Crippen molar-refractivity contribution >= 4 is 23.5 Å². The van der Waals surface area contributed by atoms with Crippen LogP contribution in [0.15, 0.2) is 0 Å². The number of morpholine rings is 1. The van der Waals surface area contributed by atoms with Gasteiger partial charge < -0.3 is 15.0 Å². The van der Waals surface area contributed by atoms with Gasteiger partial charge in [-0.2, -0.15) is 15.0 Å². The van der Waals surface area contributed by atoms with Crippen molar-refractivity contribution < 1.29 is 4.74 Å². The first-order valence-electron chi connectivity index (χ1n) is 7.11. The molecule has 1 aromatic rings. The summed E-state index contributed by atoms with van der Waals surface area (Å²) in [5, 5.41) is 3.53. The second kappa shape index (κ2) is 7.04. The number of ether oxygens (including phenoxy) is 1.